The van der Waals surface area contributed by atoms with Gasteiger partial charge in [-0.05, 0) is 18.2 Å². The molecule has 1 aliphatic heterocycles. The predicted octanol–water partition coefficient (Wildman–Crippen LogP) is 2.13. The van der Waals surface area contributed by atoms with Crippen LogP contribution in [0.4, 0.5) is 0 Å². The van der Waals surface area contributed by atoms with Crippen LogP contribution in [0.2, 0.25) is 0 Å². The largest absolute Gasteiger partial charge is 0.503 e. The van der Waals surface area contributed by atoms with Gasteiger partial charge in [0.2, 0.25) is 0 Å². The molecule has 4 nitrogen and oxygen atoms in total. The average molecular weight is 283 g/mol. The van der Waals surface area contributed by atoms with E-state index in [1.165, 1.54) is 13.4 Å². The Labute approximate surface area is 100.0 Å². The molecule has 0 radical (unpaired) electrons. The van der Waals surface area contributed by atoms with E-state index in [2.05, 4.69) is 20.7 Å². The molecule has 1 aromatic rings. The molecule has 0 atom stereocenters. The second kappa shape index (κ2) is 4.09. The molecule has 16 heavy (non-hydrogen) atoms. The van der Waals surface area contributed by atoms with Crippen LogP contribution in [0, 0.1) is 0 Å². The highest BCUT2D eigenvalue weighted by molar-refractivity contribution is 9.10. The van der Waals surface area contributed by atoms with E-state index in [0.717, 1.165) is 4.47 Å². The molecule has 0 bridgehead atoms. The summed E-state index contributed by atoms with van der Waals surface area (Å²) in [6.45, 7) is 0. The fourth-order valence-electron chi connectivity index (χ4n) is 1.45. The fourth-order valence-corrected chi connectivity index (χ4v) is 1.81. The van der Waals surface area contributed by atoms with E-state index < -0.39 is 11.9 Å². The predicted molar refractivity (Wildman–Crippen MR) is 59.6 cm³/mol. The van der Waals surface area contributed by atoms with Gasteiger partial charge in [0.05, 0.1) is 18.9 Å². The first-order valence-electron chi connectivity index (χ1n) is 4.43. The van der Waals surface area contributed by atoms with Gasteiger partial charge in [-0.3, -0.25) is 0 Å². The molecule has 0 aliphatic carbocycles. The van der Waals surface area contributed by atoms with E-state index in [0.29, 0.717) is 11.1 Å². The molecule has 5 heteroatoms. The van der Waals surface area contributed by atoms with Crippen LogP contribution in [0.15, 0.2) is 28.9 Å². The summed E-state index contributed by atoms with van der Waals surface area (Å²) in [6.07, 6.45) is 1.26. The molecule has 0 saturated carbocycles. The van der Waals surface area contributed by atoms with Crippen molar-refractivity contribution in [3.8, 4) is 0 Å². The Hall–Kier alpha value is -1.62. The second-order valence-corrected chi connectivity index (χ2v) is 4.05. The first-order valence-corrected chi connectivity index (χ1v) is 5.22. The van der Waals surface area contributed by atoms with Gasteiger partial charge in [0.1, 0.15) is 5.57 Å². The number of ether oxygens (including phenoxy) is 2. The lowest BCUT2D eigenvalue weighted by atomic mass is 9.98. The summed E-state index contributed by atoms with van der Waals surface area (Å²) in [5, 5.41) is 0. The Kier molecular flexibility index (Phi) is 2.78. The number of hydrogen-bond donors (Lipinski definition) is 0. The van der Waals surface area contributed by atoms with Crippen LogP contribution in [0.3, 0.4) is 0 Å². The monoisotopic (exact) mass is 282 g/mol. The summed E-state index contributed by atoms with van der Waals surface area (Å²) in [7, 11) is 1.42. The zero-order valence-corrected chi connectivity index (χ0v) is 9.91. The number of rotatable bonds is 1. The molecule has 0 amide bonds. The Morgan fingerprint density at radius 1 is 1.25 bits per heavy atom. The molecule has 2 rings (SSSR count). The molecular weight excluding hydrogens is 276 g/mol. The maximum atomic E-state index is 11.5. The van der Waals surface area contributed by atoms with Gasteiger partial charge < -0.3 is 9.47 Å². The smallest absolute Gasteiger partial charge is 0.349 e. The number of carbonyl (C=O) groups is 2. The summed E-state index contributed by atoms with van der Waals surface area (Å²) in [5.41, 5.74) is 1.10. The molecule has 82 valence electrons. The van der Waals surface area contributed by atoms with Crippen LogP contribution >= 0.6 is 15.9 Å². The van der Waals surface area contributed by atoms with Gasteiger partial charge in [-0.1, -0.05) is 15.9 Å². The second-order valence-electron chi connectivity index (χ2n) is 3.13. The molecule has 1 aliphatic rings. The van der Waals surface area contributed by atoms with Gasteiger partial charge in [0.25, 0.3) is 0 Å². The Balaban J connectivity index is 2.65. The third-order valence-electron chi connectivity index (χ3n) is 2.13. The molecule has 1 aromatic carbocycles. The first-order chi connectivity index (χ1) is 7.63. The topological polar surface area (TPSA) is 52.6 Å². The molecule has 0 fully saturated rings. The van der Waals surface area contributed by atoms with Crippen molar-refractivity contribution in [2.24, 2.45) is 0 Å². The standard InChI is InChI=1S/C11H7BrO4/c1-15-5-9-8-4-6(12)2-3-7(8)10(13)16-11(9)14/h2-5H,1H3. The Bertz CT molecular complexity index is 505. The molecular formula is C11H7BrO4. The van der Waals surface area contributed by atoms with Crippen molar-refractivity contribution < 1.29 is 19.1 Å². The quantitative estimate of drug-likeness (QED) is 0.343. The molecule has 0 unspecified atom stereocenters. The lowest BCUT2D eigenvalue weighted by Gasteiger charge is -2.16. The molecule has 0 N–H and O–H groups in total. The zero-order valence-electron chi connectivity index (χ0n) is 8.32. The summed E-state index contributed by atoms with van der Waals surface area (Å²) < 4.78 is 10.1. The van der Waals surface area contributed by atoms with Gasteiger partial charge in [0.15, 0.2) is 0 Å². The minimum absolute atomic E-state index is 0.235. The highest BCUT2D eigenvalue weighted by Crippen LogP contribution is 2.29. The minimum atomic E-state index is -0.697. The van der Waals surface area contributed by atoms with Gasteiger partial charge in [-0.2, -0.15) is 0 Å². The number of benzene rings is 1. The number of hydrogen-bond acceptors (Lipinski definition) is 4. The van der Waals surface area contributed by atoms with Crippen LogP contribution in [0.25, 0.3) is 5.57 Å². The summed E-state index contributed by atoms with van der Waals surface area (Å²) in [6, 6.07) is 4.98. The molecule has 1 heterocycles. The maximum absolute atomic E-state index is 11.5. The van der Waals surface area contributed by atoms with Gasteiger partial charge >= 0.3 is 11.9 Å². The van der Waals surface area contributed by atoms with Crippen molar-refractivity contribution in [2.75, 3.05) is 7.11 Å². The van der Waals surface area contributed by atoms with Gasteiger partial charge in [-0.25, -0.2) is 9.59 Å². The zero-order chi connectivity index (χ0) is 11.7. The average Bonchev–Trinajstić information content (AvgIpc) is 2.23. The lowest BCUT2D eigenvalue weighted by molar-refractivity contribution is -0.131. The highest BCUT2D eigenvalue weighted by Gasteiger charge is 2.30. The Morgan fingerprint density at radius 2 is 2.00 bits per heavy atom. The first kappa shape index (κ1) is 10.9. The van der Waals surface area contributed by atoms with E-state index in [1.54, 1.807) is 18.2 Å². The highest BCUT2D eigenvalue weighted by atomic mass is 79.9. The summed E-state index contributed by atoms with van der Waals surface area (Å²) >= 11 is 3.28. The van der Waals surface area contributed by atoms with Crippen molar-refractivity contribution in [3.63, 3.8) is 0 Å². The summed E-state index contributed by atoms with van der Waals surface area (Å²) in [5.74, 6) is -1.33. The third-order valence-corrected chi connectivity index (χ3v) is 2.63. The minimum Gasteiger partial charge on any atom is -0.503 e. The summed E-state index contributed by atoms with van der Waals surface area (Å²) in [4.78, 5) is 22.9. The van der Waals surface area contributed by atoms with Crippen molar-refractivity contribution in [3.05, 3.63) is 40.1 Å². The number of methoxy groups -OCH3 is 1. The Morgan fingerprint density at radius 3 is 2.69 bits per heavy atom. The van der Waals surface area contributed by atoms with Crippen LogP contribution in [0.1, 0.15) is 15.9 Å². The van der Waals surface area contributed by atoms with Crippen LogP contribution in [-0.4, -0.2) is 19.0 Å². The van der Waals surface area contributed by atoms with Crippen LogP contribution in [0.5, 0.6) is 0 Å². The lowest BCUT2D eigenvalue weighted by Crippen LogP contribution is -2.22. The van der Waals surface area contributed by atoms with Gasteiger partial charge in [0, 0.05) is 10.0 Å². The van der Waals surface area contributed by atoms with E-state index in [9.17, 15) is 9.59 Å². The molecule has 0 saturated heterocycles. The number of fused-ring (bicyclic) bond motifs is 1. The van der Waals surface area contributed by atoms with Gasteiger partial charge in [-0.15, -0.1) is 0 Å². The molecule has 0 spiro atoms. The third kappa shape index (κ3) is 1.74. The number of halogens is 1. The van der Waals surface area contributed by atoms with Crippen molar-refractivity contribution >= 4 is 33.4 Å². The van der Waals surface area contributed by atoms with Crippen molar-refractivity contribution in [1.29, 1.82) is 0 Å². The molecule has 0 aromatic heterocycles. The van der Waals surface area contributed by atoms with Crippen molar-refractivity contribution in [2.45, 2.75) is 0 Å². The van der Waals surface area contributed by atoms with E-state index in [-0.39, 0.29) is 5.57 Å². The normalized spacial score (nSPS) is 17.0. The SMILES string of the molecule is COC=C1C(=O)OC(=O)c2ccc(Br)cc21. The number of carbonyl (C=O) groups excluding carboxylic acids is 2. The number of esters is 2. The fraction of sp³-hybridized carbons (Fsp3) is 0.0909. The van der Waals surface area contributed by atoms with E-state index in [4.69, 9.17) is 4.74 Å². The van der Waals surface area contributed by atoms with Crippen LogP contribution < -0.4 is 0 Å². The van der Waals surface area contributed by atoms with Crippen LogP contribution in [-0.2, 0) is 14.3 Å². The maximum Gasteiger partial charge on any atom is 0.349 e. The van der Waals surface area contributed by atoms with E-state index >= 15 is 0 Å². The van der Waals surface area contributed by atoms with Crippen molar-refractivity contribution in [1.82, 2.24) is 0 Å². The van der Waals surface area contributed by atoms with E-state index in [1.807, 2.05) is 0 Å². The number of cyclic esters (lactones) is 2.